The molecular formula is C15H18N2. The Morgan fingerprint density at radius 2 is 1.88 bits per heavy atom. The second-order valence-corrected chi connectivity index (χ2v) is 4.27. The lowest BCUT2D eigenvalue weighted by atomic mass is 10.0. The van der Waals surface area contributed by atoms with E-state index in [1.54, 1.807) is 0 Å². The Morgan fingerprint density at radius 3 is 2.47 bits per heavy atom. The van der Waals surface area contributed by atoms with E-state index in [4.69, 9.17) is 0 Å². The van der Waals surface area contributed by atoms with Crippen LogP contribution in [0.5, 0.6) is 0 Å². The second kappa shape index (κ2) is 5.00. The van der Waals surface area contributed by atoms with Gasteiger partial charge < -0.3 is 4.98 Å². The zero-order valence-electron chi connectivity index (χ0n) is 10.6. The molecule has 0 radical (unpaired) electrons. The maximum Gasteiger partial charge on any atom is 0.130 e. The van der Waals surface area contributed by atoms with Gasteiger partial charge in [0.15, 0.2) is 0 Å². The van der Waals surface area contributed by atoms with Gasteiger partial charge in [0.25, 0.3) is 0 Å². The van der Waals surface area contributed by atoms with Crippen molar-refractivity contribution in [2.75, 3.05) is 0 Å². The van der Waals surface area contributed by atoms with Crippen LogP contribution in [-0.4, -0.2) is 9.97 Å². The molecule has 0 saturated heterocycles. The standard InChI is InChI=1S/C15H18N2/c1-4-13-10-16-15(17-13)9-8-14-11(2)6-5-7-12(14)3/h5-10H,4H2,1-3H3,(H,16,17). The van der Waals surface area contributed by atoms with Crippen LogP contribution in [0.4, 0.5) is 0 Å². The Labute approximate surface area is 102 Å². The molecule has 0 amide bonds. The molecule has 88 valence electrons. The second-order valence-electron chi connectivity index (χ2n) is 4.27. The number of hydrogen-bond donors (Lipinski definition) is 1. The van der Waals surface area contributed by atoms with E-state index in [9.17, 15) is 0 Å². The molecule has 0 aliphatic rings. The van der Waals surface area contributed by atoms with Gasteiger partial charge in [-0.2, -0.15) is 0 Å². The van der Waals surface area contributed by atoms with Crippen molar-refractivity contribution < 1.29 is 0 Å². The van der Waals surface area contributed by atoms with Gasteiger partial charge in [0.05, 0.1) is 5.69 Å². The normalized spacial score (nSPS) is 11.2. The predicted molar refractivity (Wildman–Crippen MR) is 72.8 cm³/mol. The average Bonchev–Trinajstić information content (AvgIpc) is 2.76. The molecule has 0 aliphatic heterocycles. The summed E-state index contributed by atoms with van der Waals surface area (Å²) in [5.74, 6) is 0.921. The monoisotopic (exact) mass is 226 g/mol. The minimum absolute atomic E-state index is 0.921. The van der Waals surface area contributed by atoms with E-state index in [2.05, 4.69) is 55.0 Å². The summed E-state index contributed by atoms with van der Waals surface area (Å²) in [4.78, 5) is 7.63. The van der Waals surface area contributed by atoms with Crippen LogP contribution in [0.15, 0.2) is 24.4 Å². The van der Waals surface area contributed by atoms with E-state index in [1.807, 2.05) is 12.3 Å². The van der Waals surface area contributed by atoms with Crippen molar-refractivity contribution in [2.45, 2.75) is 27.2 Å². The fourth-order valence-electron chi connectivity index (χ4n) is 1.90. The van der Waals surface area contributed by atoms with Gasteiger partial charge in [0.1, 0.15) is 5.82 Å². The number of aromatic nitrogens is 2. The molecule has 2 rings (SSSR count). The highest BCUT2D eigenvalue weighted by Crippen LogP contribution is 2.16. The molecule has 0 fully saturated rings. The average molecular weight is 226 g/mol. The molecule has 1 N–H and O–H groups in total. The Bertz CT molecular complexity index is 515. The van der Waals surface area contributed by atoms with Crippen LogP contribution >= 0.6 is 0 Å². The molecule has 0 unspecified atom stereocenters. The third-order valence-corrected chi connectivity index (χ3v) is 2.96. The van der Waals surface area contributed by atoms with Crippen molar-refractivity contribution in [3.8, 4) is 0 Å². The molecule has 1 aromatic carbocycles. The largest absolute Gasteiger partial charge is 0.345 e. The lowest BCUT2D eigenvalue weighted by molar-refractivity contribution is 1.06. The molecule has 0 bridgehead atoms. The summed E-state index contributed by atoms with van der Waals surface area (Å²) in [5, 5.41) is 0. The first kappa shape index (κ1) is 11.6. The van der Waals surface area contributed by atoms with Crippen molar-refractivity contribution in [1.82, 2.24) is 9.97 Å². The zero-order chi connectivity index (χ0) is 12.3. The Morgan fingerprint density at radius 1 is 1.18 bits per heavy atom. The quantitative estimate of drug-likeness (QED) is 0.848. The van der Waals surface area contributed by atoms with Gasteiger partial charge in [-0.3, -0.25) is 0 Å². The predicted octanol–water partition coefficient (Wildman–Crippen LogP) is 3.76. The molecular weight excluding hydrogens is 208 g/mol. The van der Waals surface area contributed by atoms with Crippen molar-refractivity contribution in [2.24, 2.45) is 0 Å². The van der Waals surface area contributed by atoms with E-state index in [-0.39, 0.29) is 0 Å². The van der Waals surface area contributed by atoms with Gasteiger partial charge >= 0.3 is 0 Å². The van der Waals surface area contributed by atoms with E-state index >= 15 is 0 Å². The summed E-state index contributed by atoms with van der Waals surface area (Å²) in [6.07, 6.45) is 7.09. The molecule has 0 saturated carbocycles. The summed E-state index contributed by atoms with van der Waals surface area (Å²) in [7, 11) is 0. The highest BCUT2D eigenvalue weighted by atomic mass is 14.9. The third-order valence-electron chi connectivity index (χ3n) is 2.96. The van der Waals surface area contributed by atoms with Crippen LogP contribution in [0.3, 0.4) is 0 Å². The lowest BCUT2D eigenvalue weighted by Gasteiger charge is -2.03. The molecule has 2 nitrogen and oxygen atoms in total. The molecule has 0 spiro atoms. The van der Waals surface area contributed by atoms with Gasteiger partial charge in [0.2, 0.25) is 0 Å². The van der Waals surface area contributed by atoms with Crippen LogP contribution in [0, 0.1) is 13.8 Å². The first-order valence-corrected chi connectivity index (χ1v) is 5.99. The Hall–Kier alpha value is -1.83. The molecule has 2 aromatic rings. The Kier molecular flexibility index (Phi) is 3.43. The van der Waals surface area contributed by atoms with Crippen molar-refractivity contribution in [1.29, 1.82) is 0 Å². The van der Waals surface area contributed by atoms with E-state index in [1.165, 1.54) is 16.7 Å². The van der Waals surface area contributed by atoms with E-state index < -0.39 is 0 Å². The van der Waals surface area contributed by atoms with Crippen LogP contribution in [0.25, 0.3) is 12.2 Å². The number of benzene rings is 1. The number of imidazole rings is 1. The molecule has 1 heterocycles. The number of H-pyrrole nitrogens is 1. The van der Waals surface area contributed by atoms with Crippen LogP contribution < -0.4 is 0 Å². The number of hydrogen-bond acceptors (Lipinski definition) is 1. The minimum atomic E-state index is 0.921. The van der Waals surface area contributed by atoms with Gasteiger partial charge in [-0.25, -0.2) is 4.98 Å². The maximum absolute atomic E-state index is 4.46. The highest BCUT2D eigenvalue weighted by Gasteiger charge is 1.99. The van der Waals surface area contributed by atoms with E-state index in [0.29, 0.717) is 0 Å². The van der Waals surface area contributed by atoms with Crippen molar-refractivity contribution in [3.05, 3.63) is 52.6 Å². The van der Waals surface area contributed by atoms with Gasteiger partial charge in [-0.15, -0.1) is 0 Å². The Balaban J connectivity index is 2.25. The fraction of sp³-hybridized carbons (Fsp3) is 0.267. The number of rotatable bonds is 3. The first-order chi connectivity index (χ1) is 8.20. The number of nitrogens with one attached hydrogen (secondary N) is 1. The topological polar surface area (TPSA) is 28.7 Å². The first-order valence-electron chi connectivity index (χ1n) is 5.99. The summed E-state index contributed by atoms with van der Waals surface area (Å²) in [5.41, 5.74) is 4.97. The maximum atomic E-state index is 4.46. The number of aryl methyl sites for hydroxylation is 3. The highest BCUT2D eigenvalue weighted by molar-refractivity contribution is 5.70. The lowest BCUT2D eigenvalue weighted by Crippen LogP contribution is -1.85. The molecule has 0 atom stereocenters. The fourth-order valence-corrected chi connectivity index (χ4v) is 1.90. The van der Waals surface area contributed by atoms with Crippen LogP contribution in [-0.2, 0) is 6.42 Å². The smallest absolute Gasteiger partial charge is 0.130 e. The summed E-state index contributed by atoms with van der Waals surface area (Å²) < 4.78 is 0. The van der Waals surface area contributed by atoms with Gasteiger partial charge in [-0.1, -0.05) is 31.2 Å². The van der Waals surface area contributed by atoms with Crippen LogP contribution in [0.2, 0.25) is 0 Å². The molecule has 17 heavy (non-hydrogen) atoms. The number of nitrogens with zero attached hydrogens (tertiary/aromatic N) is 1. The molecule has 0 aliphatic carbocycles. The molecule has 2 heteroatoms. The van der Waals surface area contributed by atoms with E-state index in [0.717, 1.165) is 17.9 Å². The van der Waals surface area contributed by atoms with Crippen molar-refractivity contribution in [3.63, 3.8) is 0 Å². The summed E-state index contributed by atoms with van der Waals surface area (Å²) in [6.45, 7) is 6.37. The number of aromatic amines is 1. The zero-order valence-corrected chi connectivity index (χ0v) is 10.6. The minimum Gasteiger partial charge on any atom is -0.345 e. The third kappa shape index (κ3) is 2.64. The summed E-state index contributed by atoms with van der Waals surface area (Å²) in [6, 6.07) is 6.35. The SMILES string of the molecule is CCc1c[nH]c(C=Cc2c(C)cccc2C)n1. The van der Waals surface area contributed by atoms with Crippen LogP contribution in [0.1, 0.15) is 35.1 Å². The molecule has 1 aromatic heterocycles. The van der Waals surface area contributed by atoms with Gasteiger partial charge in [-0.05, 0) is 43.0 Å². The van der Waals surface area contributed by atoms with Crippen molar-refractivity contribution >= 4 is 12.2 Å². The van der Waals surface area contributed by atoms with Gasteiger partial charge in [0, 0.05) is 6.20 Å². The summed E-state index contributed by atoms with van der Waals surface area (Å²) >= 11 is 0.